The van der Waals surface area contributed by atoms with Crippen LogP contribution < -0.4 is 5.32 Å². The Morgan fingerprint density at radius 3 is 2.47 bits per heavy atom. The molecule has 0 unspecified atom stereocenters. The first-order valence-corrected chi connectivity index (χ1v) is 4.60. The van der Waals surface area contributed by atoms with Crippen molar-refractivity contribution in [2.24, 2.45) is 0 Å². The zero-order chi connectivity index (χ0) is 11.4. The highest BCUT2D eigenvalue weighted by atomic mass is 16.2. The van der Waals surface area contributed by atoms with Crippen molar-refractivity contribution in [3.63, 3.8) is 0 Å². The second kappa shape index (κ2) is 4.59. The molecule has 0 heterocycles. The van der Waals surface area contributed by atoms with Gasteiger partial charge < -0.3 is 10.2 Å². The molecule has 4 nitrogen and oxygen atoms in total. The third kappa shape index (κ3) is 3.09. The van der Waals surface area contributed by atoms with E-state index in [4.69, 9.17) is 0 Å². The predicted molar refractivity (Wildman–Crippen MR) is 58.8 cm³/mol. The number of carbonyl (C=O) groups excluding carboxylic acids is 2. The Labute approximate surface area is 88.9 Å². The summed E-state index contributed by atoms with van der Waals surface area (Å²) in [6.45, 7) is 1.43. The van der Waals surface area contributed by atoms with E-state index in [1.165, 1.54) is 11.8 Å². The monoisotopic (exact) mass is 206 g/mol. The van der Waals surface area contributed by atoms with Crippen LogP contribution in [0.5, 0.6) is 0 Å². The summed E-state index contributed by atoms with van der Waals surface area (Å²) in [5.41, 5.74) is 1.20. The topological polar surface area (TPSA) is 49.4 Å². The zero-order valence-electron chi connectivity index (χ0n) is 9.07. The van der Waals surface area contributed by atoms with Crippen LogP contribution >= 0.6 is 0 Å². The first-order valence-electron chi connectivity index (χ1n) is 4.60. The smallest absolute Gasteiger partial charge is 0.253 e. The molecule has 0 fully saturated rings. The van der Waals surface area contributed by atoms with Crippen molar-refractivity contribution < 1.29 is 9.59 Å². The number of benzene rings is 1. The minimum absolute atomic E-state index is 0.0813. The lowest BCUT2D eigenvalue weighted by Gasteiger charge is -2.11. The Bertz CT molecular complexity index is 386. The van der Waals surface area contributed by atoms with Crippen molar-refractivity contribution in [1.29, 1.82) is 0 Å². The van der Waals surface area contributed by atoms with E-state index in [1.54, 1.807) is 38.4 Å². The van der Waals surface area contributed by atoms with E-state index in [2.05, 4.69) is 5.32 Å². The van der Waals surface area contributed by atoms with Gasteiger partial charge in [0, 0.05) is 32.3 Å². The van der Waals surface area contributed by atoms with Crippen molar-refractivity contribution in [2.75, 3.05) is 19.4 Å². The molecule has 15 heavy (non-hydrogen) atoms. The molecule has 0 aromatic heterocycles. The van der Waals surface area contributed by atoms with E-state index < -0.39 is 0 Å². The van der Waals surface area contributed by atoms with Gasteiger partial charge >= 0.3 is 0 Å². The summed E-state index contributed by atoms with van der Waals surface area (Å²) in [5, 5.41) is 2.63. The molecule has 0 saturated carbocycles. The number of amides is 2. The molecule has 1 aromatic carbocycles. The quantitative estimate of drug-likeness (QED) is 0.794. The van der Waals surface area contributed by atoms with Gasteiger partial charge in [0.25, 0.3) is 5.91 Å². The van der Waals surface area contributed by atoms with Gasteiger partial charge in [0.2, 0.25) is 5.91 Å². The van der Waals surface area contributed by atoms with Gasteiger partial charge in [-0.1, -0.05) is 6.07 Å². The molecule has 1 N–H and O–H groups in total. The fourth-order valence-electron chi connectivity index (χ4n) is 1.19. The number of nitrogens with zero attached hydrogens (tertiary/aromatic N) is 1. The largest absolute Gasteiger partial charge is 0.345 e. The highest BCUT2D eigenvalue weighted by Crippen LogP contribution is 2.11. The average Bonchev–Trinajstić information content (AvgIpc) is 2.16. The van der Waals surface area contributed by atoms with Crippen molar-refractivity contribution in [3.05, 3.63) is 29.8 Å². The highest BCUT2D eigenvalue weighted by Gasteiger charge is 2.08. The van der Waals surface area contributed by atoms with Gasteiger partial charge in [-0.15, -0.1) is 0 Å². The minimum Gasteiger partial charge on any atom is -0.345 e. The Kier molecular flexibility index (Phi) is 3.44. The second-order valence-corrected chi connectivity index (χ2v) is 3.46. The van der Waals surface area contributed by atoms with Crippen molar-refractivity contribution in [2.45, 2.75) is 6.92 Å². The maximum Gasteiger partial charge on any atom is 0.253 e. The SMILES string of the molecule is CC(=O)Nc1cccc(C(=O)N(C)C)c1. The number of hydrogen-bond donors (Lipinski definition) is 1. The molecule has 1 rings (SSSR count). The van der Waals surface area contributed by atoms with E-state index in [0.29, 0.717) is 11.3 Å². The van der Waals surface area contributed by atoms with Crippen LogP contribution in [-0.2, 0) is 4.79 Å². The van der Waals surface area contributed by atoms with Crippen molar-refractivity contribution in [1.82, 2.24) is 4.90 Å². The summed E-state index contributed by atoms with van der Waals surface area (Å²) < 4.78 is 0. The van der Waals surface area contributed by atoms with Gasteiger partial charge in [-0.2, -0.15) is 0 Å². The van der Waals surface area contributed by atoms with E-state index in [1.807, 2.05) is 0 Å². The third-order valence-electron chi connectivity index (χ3n) is 1.84. The highest BCUT2D eigenvalue weighted by molar-refractivity contribution is 5.96. The molecule has 0 radical (unpaired) electrons. The molecule has 0 bridgehead atoms. The fourth-order valence-corrected chi connectivity index (χ4v) is 1.19. The molecule has 0 spiro atoms. The Morgan fingerprint density at radius 1 is 1.27 bits per heavy atom. The summed E-state index contributed by atoms with van der Waals surface area (Å²) in [6.07, 6.45) is 0. The van der Waals surface area contributed by atoms with Gasteiger partial charge in [0.15, 0.2) is 0 Å². The first-order chi connectivity index (χ1) is 7.00. The van der Waals surface area contributed by atoms with E-state index in [0.717, 1.165) is 0 Å². The Hall–Kier alpha value is -1.84. The predicted octanol–water partition coefficient (Wildman–Crippen LogP) is 1.35. The van der Waals surface area contributed by atoms with Crippen LogP contribution in [0.25, 0.3) is 0 Å². The summed E-state index contributed by atoms with van der Waals surface area (Å²) in [6, 6.07) is 6.85. The van der Waals surface area contributed by atoms with Crippen LogP contribution in [0.15, 0.2) is 24.3 Å². The summed E-state index contributed by atoms with van der Waals surface area (Å²) in [5.74, 6) is -0.230. The minimum atomic E-state index is -0.149. The molecule has 4 heteroatoms. The third-order valence-corrected chi connectivity index (χ3v) is 1.84. The molecule has 0 saturated heterocycles. The molecule has 2 amide bonds. The maximum atomic E-state index is 11.6. The molecule has 80 valence electrons. The second-order valence-electron chi connectivity index (χ2n) is 3.46. The number of nitrogens with one attached hydrogen (secondary N) is 1. The molecule has 0 atom stereocenters. The molecule has 0 aliphatic rings. The number of rotatable bonds is 2. The van der Waals surface area contributed by atoms with Gasteiger partial charge in [0.05, 0.1) is 0 Å². The molecule has 1 aromatic rings. The number of anilines is 1. The zero-order valence-corrected chi connectivity index (χ0v) is 9.07. The van der Waals surface area contributed by atoms with Crippen LogP contribution in [0, 0.1) is 0 Å². The lowest BCUT2D eigenvalue weighted by Crippen LogP contribution is -2.21. The van der Waals surface area contributed by atoms with E-state index in [9.17, 15) is 9.59 Å². The van der Waals surface area contributed by atoms with Crippen LogP contribution in [0.3, 0.4) is 0 Å². The van der Waals surface area contributed by atoms with E-state index in [-0.39, 0.29) is 11.8 Å². The Morgan fingerprint density at radius 2 is 1.93 bits per heavy atom. The van der Waals surface area contributed by atoms with Crippen LogP contribution in [0.1, 0.15) is 17.3 Å². The van der Waals surface area contributed by atoms with Crippen molar-refractivity contribution in [3.8, 4) is 0 Å². The van der Waals surface area contributed by atoms with Crippen LogP contribution in [-0.4, -0.2) is 30.8 Å². The van der Waals surface area contributed by atoms with Gasteiger partial charge in [-0.3, -0.25) is 9.59 Å². The van der Waals surface area contributed by atoms with Crippen LogP contribution in [0.4, 0.5) is 5.69 Å². The molecule has 0 aliphatic heterocycles. The van der Waals surface area contributed by atoms with Crippen LogP contribution in [0.2, 0.25) is 0 Å². The maximum absolute atomic E-state index is 11.6. The first kappa shape index (κ1) is 11.2. The lowest BCUT2D eigenvalue weighted by molar-refractivity contribution is -0.114. The standard InChI is InChI=1S/C11H14N2O2/c1-8(14)12-10-6-4-5-9(7-10)11(15)13(2)3/h4-7H,1-3H3,(H,12,14). The summed E-state index contributed by atoms with van der Waals surface area (Å²) in [4.78, 5) is 23.9. The summed E-state index contributed by atoms with van der Waals surface area (Å²) >= 11 is 0. The van der Waals surface area contributed by atoms with Gasteiger partial charge in [-0.25, -0.2) is 0 Å². The Balaban J connectivity index is 2.92. The van der Waals surface area contributed by atoms with E-state index >= 15 is 0 Å². The molecule has 0 aliphatic carbocycles. The van der Waals surface area contributed by atoms with Crippen molar-refractivity contribution >= 4 is 17.5 Å². The molecular weight excluding hydrogens is 192 g/mol. The lowest BCUT2D eigenvalue weighted by atomic mass is 10.2. The normalized spacial score (nSPS) is 9.53. The molecular formula is C11H14N2O2. The van der Waals surface area contributed by atoms with Gasteiger partial charge in [0.1, 0.15) is 0 Å². The fraction of sp³-hybridized carbons (Fsp3) is 0.273. The number of carbonyl (C=O) groups is 2. The number of hydrogen-bond acceptors (Lipinski definition) is 2. The van der Waals surface area contributed by atoms with Gasteiger partial charge in [-0.05, 0) is 18.2 Å². The average molecular weight is 206 g/mol. The summed E-state index contributed by atoms with van der Waals surface area (Å²) in [7, 11) is 3.38.